The Bertz CT molecular complexity index is 588. The lowest BCUT2D eigenvalue weighted by Gasteiger charge is -2.54. The first-order valence-corrected chi connectivity index (χ1v) is 12.3. The van der Waals surface area contributed by atoms with Gasteiger partial charge in [0.15, 0.2) is 0 Å². The van der Waals surface area contributed by atoms with Crippen LogP contribution in [0.4, 0.5) is 0 Å². The number of allylic oxidation sites excluding steroid dienone is 1. The normalized spacial score (nSPS) is 44.3. The van der Waals surface area contributed by atoms with Gasteiger partial charge >= 0.3 is 0 Å². The first kappa shape index (κ1) is 20.9. The Labute approximate surface area is 173 Å². The van der Waals surface area contributed by atoms with Gasteiger partial charge in [0, 0.05) is 0 Å². The first-order valence-electron chi connectivity index (χ1n) is 12.3. The monoisotopic (exact) mass is 388 g/mol. The lowest BCUT2D eigenvalue weighted by molar-refractivity contribution is -0.0300. The summed E-state index contributed by atoms with van der Waals surface area (Å²) in [5.41, 5.74) is 1.63. The average molecular weight is 389 g/mol. The second kappa shape index (κ2) is 7.73. The van der Waals surface area contributed by atoms with E-state index in [0.717, 1.165) is 61.2 Å². The lowest BCUT2D eigenvalue weighted by atomic mass is 9.51. The predicted octanol–water partition coefficient (Wildman–Crippen LogP) is 6.11. The summed E-state index contributed by atoms with van der Waals surface area (Å²) in [6.07, 6.45) is 16.0. The van der Waals surface area contributed by atoms with E-state index in [1.165, 1.54) is 44.9 Å². The fourth-order valence-corrected chi connectivity index (χ4v) is 8.28. The molecular weight excluding hydrogens is 344 g/mol. The summed E-state index contributed by atoms with van der Waals surface area (Å²) in [6.45, 7) is 9.03. The molecule has 0 aromatic rings. The van der Waals surface area contributed by atoms with Crippen molar-refractivity contribution in [2.45, 2.75) is 110 Å². The smallest absolute Gasteiger partial charge is 0.0591 e. The molecule has 0 aliphatic heterocycles. The summed E-state index contributed by atoms with van der Waals surface area (Å²) >= 11 is 0. The first-order chi connectivity index (χ1) is 13.2. The van der Waals surface area contributed by atoms with E-state index in [0.29, 0.717) is 5.41 Å². The molecule has 0 spiro atoms. The largest absolute Gasteiger partial charge is 0.393 e. The molecule has 0 bridgehead atoms. The highest BCUT2D eigenvalue weighted by Crippen LogP contribution is 2.64. The minimum absolute atomic E-state index is 0.0754. The van der Waals surface area contributed by atoms with E-state index in [1.807, 2.05) is 13.8 Å². The Morgan fingerprint density at radius 2 is 1.93 bits per heavy atom. The van der Waals surface area contributed by atoms with Crippen molar-refractivity contribution in [1.29, 1.82) is 0 Å². The Hall–Kier alpha value is -0.340. The Kier molecular flexibility index (Phi) is 5.77. The molecule has 28 heavy (non-hydrogen) atoms. The van der Waals surface area contributed by atoms with Crippen LogP contribution in [-0.4, -0.2) is 21.9 Å². The van der Waals surface area contributed by atoms with Crippen LogP contribution in [0.2, 0.25) is 0 Å². The third kappa shape index (κ3) is 3.85. The van der Waals surface area contributed by atoms with Crippen molar-refractivity contribution in [2.24, 2.45) is 40.9 Å². The van der Waals surface area contributed by atoms with Crippen LogP contribution in [-0.2, 0) is 0 Å². The molecule has 160 valence electrons. The highest BCUT2D eigenvalue weighted by Gasteiger charge is 2.56. The molecule has 0 radical (unpaired) electrons. The fourth-order valence-electron chi connectivity index (χ4n) is 8.28. The predicted molar refractivity (Wildman–Crippen MR) is 116 cm³/mol. The molecule has 5 unspecified atom stereocenters. The van der Waals surface area contributed by atoms with Gasteiger partial charge in [0.25, 0.3) is 0 Å². The van der Waals surface area contributed by atoms with Gasteiger partial charge < -0.3 is 10.2 Å². The Morgan fingerprint density at radius 3 is 2.68 bits per heavy atom. The third-order valence-corrected chi connectivity index (χ3v) is 9.63. The summed E-state index contributed by atoms with van der Waals surface area (Å²) in [5, 5.41) is 20.1. The molecule has 8 atom stereocenters. The molecule has 4 aliphatic rings. The molecule has 0 aromatic carbocycles. The third-order valence-electron chi connectivity index (χ3n) is 9.63. The fraction of sp³-hybridized carbons (Fsp3) is 0.923. The van der Waals surface area contributed by atoms with Gasteiger partial charge in [-0.05, 0) is 113 Å². The molecule has 3 fully saturated rings. The van der Waals surface area contributed by atoms with Gasteiger partial charge in [-0.2, -0.15) is 0 Å². The zero-order valence-electron chi connectivity index (χ0n) is 18.8. The molecule has 0 amide bonds. The van der Waals surface area contributed by atoms with E-state index in [9.17, 15) is 10.2 Å². The van der Waals surface area contributed by atoms with Crippen molar-refractivity contribution < 1.29 is 10.2 Å². The van der Waals surface area contributed by atoms with Crippen molar-refractivity contribution in [3.05, 3.63) is 11.6 Å². The summed E-state index contributed by atoms with van der Waals surface area (Å²) in [5.74, 6) is 5.16. The van der Waals surface area contributed by atoms with Gasteiger partial charge in [-0.15, -0.1) is 0 Å². The lowest BCUT2D eigenvalue weighted by Crippen LogP contribution is -2.47. The van der Waals surface area contributed by atoms with E-state index in [4.69, 9.17) is 0 Å². The summed E-state index contributed by atoms with van der Waals surface area (Å²) in [6, 6.07) is 0. The molecule has 2 N–H and O–H groups in total. The van der Waals surface area contributed by atoms with Crippen molar-refractivity contribution in [1.82, 2.24) is 0 Å². The van der Waals surface area contributed by atoms with E-state index >= 15 is 0 Å². The zero-order chi connectivity index (χ0) is 20.1. The van der Waals surface area contributed by atoms with Crippen molar-refractivity contribution in [3.8, 4) is 0 Å². The van der Waals surface area contributed by atoms with Crippen molar-refractivity contribution >= 4 is 0 Å². The summed E-state index contributed by atoms with van der Waals surface area (Å²) < 4.78 is 0. The van der Waals surface area contributed by atoms with Gasteiger partial charge in [-0.25, -0.2) is 0 Å². The molecule has 2 heteroatoms. The van der Waals surface area contributed by atoms with Crippen LogP contribution in [0.15, 0.2) is 11.6 Å². The molecule has 4 rings (SSSR count). The Balaban J connectivity index is 1.43. The molecular formula is C26H44O2. The maximum atomic E-state index is 10.1. The van der Waals surface area contributed by atoms with Crippen LogP contribution in [0.3, 0.4) is 0 Å². The van der Waals surface area contributed by atoms with Gasteiger partial charge in [0.2, 0.25) is 0 Å². The molecule has 4 aliphatic carbocycles. The van der Waals surface area contributed by atoms with Gasteiger partial charge in [0.1, 0.15) is 0 Å². The highest BCUT2D eigenvalue weighted by molar-refractivity contribution is 5.20. The topological polar surface area (TPSA) is 40.5 Å². The SMILES string of the molecule is C[C@H](CCCC(C)(C)O)[C@H]1CCC2C3CC=C4C[C@@H](O)CCC4C3CCC21C. The van der Waals surface area contributed by atoms with Gasteiger partial charge in [0.05, 0.1) is 11.7 Å². The second-order valence-electron chi connectivity index (χ2n) is 11.9. The standard InChI is InChI=1S/C26H44O2/c1-17(6-5-14-25(2,3)28)23-11-12-24-22-9-7-18-16-19(27)8-10-20(18)21(22)13-15-26(23,24)4/h7,17,19-24,27-28H,5-6,8-16H2,1-4H3/t17-,19+,20?,21?,22?,23-,24?,26?/m1/s1. The van der Waals surface area contributed by atoms with Crippen LogP contribution in [0.25, 0.3) is 0 Å². The van der Waals surface area contributed by atoms with E-state index < -0.39 is 5.60 Å². The molecule has 2 nitrogen and oxygen atoms in total. The minimum atomic E-state index is -0.514. The molecule has 3 saturated carbocycles. The van der Waals surface area contributed by atoms with Crippen LogP contribution in [0, 0.1) is 40.9 Å². The Morgan fingerprint density at radius 1 is 1.14 bits per heavy atom. The summed E-state index contributed by atoms with van der Waals surface area (Å²) in [4.78, 5) is 0. The van der Waals surface area contributed by atoms with E-state index in [2.05, 4.69) is 19.9 Å². The number of fused-ring (bicyclic) bond motifs is 5. The average Bonchev–Trinajstić information content (AvgIpc) is 2.97. The molecule has 0 aromatic heterocycles. The van der Waals surface area contributed by atoms with Gasteiger partial charge in [-0.1, -0.05) is 38.3 Å². The number of hydrogen-bond acceptors (Lipinski definition) is 2. The number of aliphatic hydroxyl groups is 2. The van der Waals surface area contributed by atoms with Crippen LogP contribution in [0.5, 0.6) is 0 Å². The molecule has 0 heterocycles. The number of rotatable bonds is 5. The second-order valence-corrected chi connectivity index (χ2v) is 11.9. The highest BCUT2D eigenvalue weighted by atomic mass is 16.3. The molecule has 0 saturated heterocycles. The van der Waals surface area contributed by atoms with Crippen LogP contribution < -0.4 is 0 Å². The van der Waals surface area contributed by atoms with Crippen molar-refractivity contribution in [2.75, 3.05) is 0 Å². The van der Waals surface area contributed by atoms with Crippen LogP contribution in [0.1, 0.15) is 98.3 Å². The number of aliphatic hydroxyl groups excluding tert-OH is 1. The van der Waals surface area contributed by atoms with E-state index in [1.54, 1.807) is 5.57 Å². The maximum Gasteiger partial charge on any atom is 0.0591 e. The maximum absolute atomic E-state index is 10.1. The van der Waals surface area contributed by atoms with Crippen molar-refractivity contribution in [3.63, 3.8) is 0 Å². The number of hydrogen-bond donors (Lipinski definition) is 2. The van der Waals surface area contributed by atoms with E-state index in [-0.39, 0.29) is 6.10 Å². The zero-order valence-corrected chi connectivity index (χ0v) is 18.8. The van der Waals surface area contributed by atoms with Crippen LogP contribution >= 0.6 is 0 Å². The quantitative estimate of drug-likeness (QED) is 0.558. The minimum Gasteiger partial charge on any atom is -0.393 e. The summed E-state index contributed by atoms with van der Waals surface area (Å²) in [7, 11) is 0. The van der Waals surface area contributed by atoms with Gasteiger partial charge in [-0.3, -0.25) is 0 Å².